The Balaban J connectivity index is 1.41. The number of nitrogens with zero attached hydrogens (tertiary/aromatic N) is 5. The van der Waals surface area contributed by atoms with E-state index in [0.717, 1.165) is 31.9 Å². The second kappa shape index (κ2) is 6.69. The fourth-order valence-electron chi connectivity index (χ4n) is 3.56. The van der Waals surface area contributed by atoms with Crippen LogP contribution in [0.25, 0.3) is 11.0 Å². The lowest BCUT2D eigenvalue weighted by Gasteiger charge is -2.29. The summed E-state index contributed by atoms with van der Waals surface area (Å²) in [5.41, 5.74) is 1.68. The van der Waals surface area contributed by atoms with E-state index >= 15 is 0 Å². The minimum Gasteiger partial charge on any atom is -0.368 e. The summed E-state index contributed by atoms with van der Waals surface area (Å²) in [6.45, 7) is 4.76. The highest BCUT2D eigenvalue weighted by Crippen LogP contribution is 2.25. The number of sulfonamides is 1. The zero-order chi connectivity index (χ0) is 19.1. The van der Waals surface area contributed by atoms with Crippen molar-refractivity contribution in [3.63, 3.8) is 0 Å². The molecule has 11 heteroatoms. The number of fused-ring (bicyclic) bond motifs is 3. The summed E-state index contributed by atoms with van der Waals surface area (Å²) in [5, 5.41) is 7.34. The van der Waals surface area contributed by atoms with Crippen molar-refractivity contribution in [1.29, 1.82) is 0 Å². The summed E-state index contributed by atoms with van der Waals surface area (Å²) in [6, 6.07) is 5.52. The van der Waals surface area contributed by atoms with Crippen LogP contribution in [0.4, 0.5) is 17.5 Å². The minimum atomic E-state index is -3.49. The van der Waals surface area contributed by atoms with Crippen molar-refractivity contribution in [3.8, 4) is 0 Å². The fourth-order valence-corrected chi connectivity index (χ4v) is 4.82. The molecule has 2 aliphatic rings. The smallest absolute Gasteiger partial charge is 0.256 e. The summed E-state index contributed by atoms with van der Waals surface area (Å²) >= 11 is 0. The zero-order valence-electron chi connectivity index (χ0n) is 15.1. The zero-order valence-corrected chi connectivity index (χ0v) is 15.9. The van der Waals surface area contributed by atoms with Crippen molar-refractivity contribution in [2.75, 3.05) is 42.9 Å². The number of nitrogens with one attached hydrogen (secondary N) is 3. The van der Waals surface area contributed by atoms with Crippen LogP contribution in [0, 0.1) is 0 Å². The quantitative estimate of drug-likeness (QED) is 0.574. The van der Waals surface area contributed by atoms with E-state index in [-0.39, 0.29) is 5.03 Å². The van der Waals surface area contributed by atoms with Gasteiger partial charge in [0.1, 0.15) is 11.5 Å². The Morgan fingerprint density at radius 3 is 2.68 bits per heavy atom. The molecule has 1 fully saturated rings. The number of piperazine rings is 1. The van der Waals surface area contributed by atoms with Gasteiger partial charge in [0, 0.05) is 50.9 Å². The van der Waals surface area contributed by atoms with Crippen LogP contribution in [0.15, 0.2) is 35.6 Å². The number of anilines is 3. The molecule has 5 rings (SSSR count). The van der Waals surface area contributed by atoms with E-state index in [0.29, 0.717) is 35.9 Å². The van der Waals surface area contributed by atoms with Gasteiger partial charge in [-0.2, -0.15) is 4.98 Å². The van der Waals surface area contributed by atoms with E-state index in [1.54, 1.807) is 16.8 Å². The molecule has 0 aromatic carbocycles. The average Bonchev–Trinajstić information content (AvgIpc) is 3.09. The highest BCUT2D eigenvalue weighted by atomic mass is 32.2. The van der Waals surface area contributed by atoms with E-state index < -0.39 is 10.0 Å². The standard InChI is InChI=1S/C17H20N8O2S/c26-28(27)15-9-12-10-20-17(23-16(12)25(15)8-5-21-28)22-14-2-1-13(11-19-14)24-6-3-18-4-7-24/h1-2,9-11,18,21H,3-8H2,(H,19,20,22,23). The molecule has 0 bridgehead atoms. The first-order chi connectivity index (χ1) is 13.6. The van der Waals surface area contributed by atoms with Gasteiger partial charge in [-0.1, -0.05) is 0 Å². The molecule has 0 amide bonds. The highest BCUT2D eigenvalue weighted by molar-refractivity contribution is 7.89. The van der Waals surface area contributed by atoms with E-state index in [4.69, 9.17) is 0 Å². The second-order valence-corrected chi connectivity index (χ2v) is 8.48. The van der Waals surface area contributed by atoms with Crippen molar-refractivity contribution < 1.29 is 8.42 Å². The monoisotopic (exact) mass is 400 g/mol. The van der Waals surface area contributed by atoms with Crippen LogP contribution in [0.3, 0.4) is 0 Å². The van der Waals surface area contributed by atoms with Gasteiger partial charge in [0.25, 0.3) is 10.0 Å². The van der Waals surface area contributed by atoms with Crippen LogP contribution >= 0.6 is 0 Å². The summed E-state index contributed by atoms with van der Waals surface area (Å²) in [4.78, 5) is 15.6. The predicted molar refractivity (Wildman–Crippen MR) is 105 cm³/mol. The van der Waals surface area contributed by atoms with Crippen LogP contribution in [0.2, 0.25) is 0 Å². The Hall–Kier alpha value is -2.76. The first-order valence-electron chi connectivity index (χ1n) is 9.15. The van der Waals surface area contributed by atoms with Crippen molar-refractivity contribution in [3.05, 3.63) is 30.6 Å². The Morgan fingerprint density at radius 1 is 1.04 bits per heavy atom. The maximum absolute atomic E-state index is 12.2. The summed E-state index contributed by atoms with van der Waals surface area (Å²) in [5.74, 6) is 1.02. The maximum Gasteiger partial charge on any atom is 0.256 e. The molecule has 2 aliphatic heterocycles. The van der Waals surface area contributed by atoms with Gasteiger partial charge >= 0.3 is 0 Å². The van der Waals surface area contributed by atoms with Gasteiger partial charge in [-0.3, -0.25) is 0 Å². The summed E-state index contributed by atoms with van der Waals surface area (Å²) in [6.07, 6.45) is 3.46. The number of hydrogen-bond donors (Lipinski definition) is 3. The molecular weight excluding hydrogens is 380 g/mol. The topological polar surface area (TPSA) is 117 Å². The molecule has 5 heterocycles. The van der Waals surface area contributed by atoms with Gasteiger partial charge in [0.15, 0.2) is 5.03 Å². The molecule has 28 heavy (non-hydrogen) atoms. The van der Waals surface area contributed by atoms with E-state index in [1.165, 1.54) is 0 Å². The average molecular weight is 400 g/mol. The maximum atomic E-state index is 12.2. The van der Waals surface area contributed by atoms with Gasteiger partial charge in [-0.25, -0.2) is 23.1 Å². The minimum absolute atomic E-state index is 0.221. The molecule has 0 aliphatic carbocycles. The highest BCUT2D eigenvalue weighted by Gasteiger charge is 2.26. The Morgan fingerprint density at radius 2 is 1.89 bits per heavy atom. The number of hydrogen-bond acceptors (Lipinski definition) is 8. The van der Waals surface area contributed by atoms with Gasteiger partial charge < -0.3 is 20.1 Å². The first-order valence-corrected chi connectivity index (χ1v) is 10.6. The van der Waals surface area contributed by atoms with Gasteiger partial charge in [0.05, 0.1) is 11.9 Å². The molecule has 10 nitrogen and oxygen atoms in total. The molecule has 0 unspecified atom stereocenters. The number of rotatable bonds is 3. The third kappa shape index (κ3) is 3.07. The largest absolute Gasteiger partial charge is 0.368 e. The van der Waals surface area contributed by atoms with Crippen molar-refractivity contribution >= 4 is 38.5 Å². The van der Waals surface area contributed by atoms with Crippen molar-refractivity contribution in [2.45, 2.75) is 11.6 Å². The third-order valence-electron chi connectivity index (χ3n) is 4.97. The van der Waals surface area contributed by atoms with Gasteiger partial charge in [-0.15, -0.1) is 0 Å². The summed E-state index contributed by atoms with van der Waals surface area (Å²) in [7, 11) is -3.49. The molecular formula is C17H20N8O2S. The SMILES string of the molecule is O=S1(=O)NCCn2c1cc1cnc(Nc3ccc(N4CCNCC4)cn3)nc12. The predicted octanol–water partition coefficient (Wildman–Crippen LogP) is 0.271. The molecule has 3 aromatic heterocycles. The van der Waals surface area contributed by atoms with Crippen molar-refractivity contribution in [2.24, 2.45) is 0 Å². The molecule has 146 valence electrons. The number of pyridine rings is 1. The lowest BCUT2D eigenvalue weighted by Crippen LogP contribution is -2.43. The fraction of sp³-hybridized carbons (Fsp3) is 0.353. The van der Waals surface area contributed by atoms with E-state index in [2.05, 4.69) is 35.2 Å². The van der Waals surface area contributed by atoms with E-state index in [9.17, 15) is 8.42 Å². The molecule has 3 aromatic rings. The molecule has 1 saturated heterocycles. The second-order valence-electron chi connectivity index (χ2n) is 6.77. The van der Waals surface area contributed by atoms with Gasteiger partial charge in [0.2, 0.25) is 5.95 Å². The van der Waals surface area contributed by atoms with Crippen LogP contribution in [0.5, 0.6) is 0 Å². The molecule has 0 spiro atoms. The van der Waals surface area contributed by atoms with Crippen molar-refractivity contribution in [1.82, 2.24) is 29.6 Å². The lowest BCUT2D eigenvalue weighted by atomic mass is 10.3. The Kier molecular flexibility index (Phi) is 4.14. The Bertz CT molecular complexity index is 1120. The van der Waals surface area contributed by atoms with Gasteiger partial charge in [-0.05, 0) is 18.2 Å². The first kappa shape index (κ1) is 17.3. The van der Waals surface area contributed by atoms with Crippen LogP contribution in [-0.2, 0) is 16.6 Å². The van der Waals surface area contributed by atoms with E-state index in [1.807, 2.05) is 18.3 Å². The normalized spacial score (nSPS) is 18.8. The molecule has 0 radical (unpaired) electrons. The molecule has 0 atom stereocenters. The molecule has 3 N–H and O–H groups in total. The number of aromatic nitrogens is 4. The van der Waals surface area contributed by atoms with Crippen LogP contribution < -0.4 is 20.3 Å². The Labute approximate surface area is 162 Å². The van der Waals surface area contributed by atoms with Crippen LogP contribution in [-0.4, -0.2) is 60.7 Å². The third-order valence-corrected chi connectivity index (χ3v) is 6.44. The van der Waals surface area contributed by atoms with Crippen LogP contribution in [0.1, 0.15) is 0 Å². The summed E-state index contributed by atoms with van der Waals surface area (Å²) < 4.78 is 28.6. The molecule has 0 saturated carbocycles. The lowest BCUT2D eigenvalue weighted by molar-refractivity contribution is 0.531.